The molecule has 2 aromatic rings. The Balaban J connectivity index is 1.63. The van der Waals surface area contributed by atoms with Crippen LogP contribution < -0.4 is 5.32 Å². The largest absolute Gasteiger partial charge is 0.472 e. The van der Waals surface area contributed by atoms with Gasteiger partial charge in [-0.05, 0) is 31.0 Å². The Labute approximate surface area is 128 Å². The minimum atomic E-state index is -0.176. The smallest absolute Gasteiger partial charge is 0.257 e. The molecule has 1 N–H and O–H groups in total. The number of nitrogens with one attached hydrogen (secondary N) is 1. The predicted octanol–water partition coefficient (Wildman–Crippen LogP) is 2.77. The summed E-state index contributed by atoms with van der Waals surface area (Å²) in [6.45, 7) is 1.13. The van der Waals surface area contributed by atoms with Crippen LogP contribution in [0.2, 0.25) is 0 Å². The molecule has 22 heavy (non-hydrogen) atoms. The van der Waals surface area contributed by atoms with Crippen LogP contribution in [0.15, 0.2) is 53.3 Å². The van der Waals surface area contributed by atoms with Crippen molar-refractivity contribution in [1.29, 1.82) is 0 Å². The van der Waals surface area contributed by atoms with E-state index in [9.17, 15) is 9.59 Å². The first-order chi connectivity index (χ1) is 10.7. The van der Waals surface area contributed by atoms with Crippen LogP contribution in [-0.4, -0.2) is 29.8 Å². The lowest BCUT2D eigenvalue weighted by molar-refractivity contribution is -0.121. The van der Waals surface area contributed by atoms with Crippen LogP contribution in [0.25, 0.3) is 0 Å². The summed E-state index contributed by atoms with van der Waals surface area (Å²) >= 11 is 0. The number of benzene rings is 1. The average molecular weight is 298 g/mol. The molecule has 0 saturated carbocycles. The third kappa shape index (κ3) is 3.19. The fraction of sp³-hybridized carbons (Fsp3) is 0.294. The van der Waals surface area contributed by atoms with Gasteiger partial charge in [0.2, 0.25) is 5.91 Å². The van der Waals surface area contributed by atoms with Gasteiger partial charge < -0.3 is 14.6 Å². The molecule has 1 aliphatic heterocycles. The molecular formula is C17H18N2O3. The molecule has 1 saturated heterocycles. The van der Waals surface area contributed by atoms with Gasteiger partial charge in [0.15, 0.2) is 0 Å². The molecule has 1 aliphatic rings. The van der Waals surface area contributed by atoms with Gasteiger partial charge in [-0.2, -0.15) is 0 Å². The number of carbonyl (C=O) groups is 2. The molecule has 2 heterocycles. The number of carbonyl (C=O) groups excluding carboxylic acids is 2. The third-order valence-electron chi connectivity index (χ3n) is 3.89. The van der Waals surface area contributed by atoms with Crippen molar-refractivity contribution in [2.75, 3.05) is 18.4 Å². The van der Waals surface area contributed by atoms with Crippen LogP contribution in [-0.2, 0) is 4.79 Å². The maximum Gasteiger partial charge on any atom is 0.257 e. The number of anilines is 1. The normalized spacial score (nSPS) is 18.0. The quantitative estimate of drug-likeness (QED) is 0.947. The fourth-order valence-electron chi connectivity index (χ4n) is 2.71. The molecule has 5 nitrogen and oxygen atoms in total. The van der Waals surface area contributed by atoms with Crippen LogP contribution in [0.4, 0.5) is 5.69 Å². The van der Waals surface area contributed by atoms with Gasteiger partial charge in [-0.15, -0.1) is 0 Å². The molecule has 0 unspecified atom stereocenters. The molecule has 0 bridgehead atoms. The van der Waals surface area contributed by atoms with E-state index in [1.165, 1.54) is 12.5 Å². The van der Waals surface area contributed by atoms with Crippen molar-refractivity contribution in [2.24, 2.45) is 5.92 Å². The van der Waals surface area contributed by atoms with E-state index in [4.69, 9.17) is 4.42 Å². The predicted molar refractivity (Wildman–Crippen MR) is 82.4 cm³/mol. The molecule has 5 heteroatoms. The molecule has 2 amide bonds. The second-order valence-corrected chi connectivity index (χ2v) is 5.46. The van der Waals surface area contributed by atoms with Crippen molar-refractivity contribution in [3.63, 3.8) is 0 Å². The van der Waals surface area contributed by atoms with Crippen molar-refractivity contribution >= 4 is 17.5 Å². The highest BCUT2D eigenvalue weighted by Gasteiger charge is 2.29. The van der Waals surface area contributed by atoms with Gasteiger partial charge in [0.25, 0.3) is 5.91 Å². The average Bonchev–Trinajstić information content (AvgIpc) is 3.09. The number of rotatable bonds is 3. The molecule has 0 aliphatic carbocycles. The first kappa shape index (κ1) is 14.4. The molecule has 0 spiro atoms. The van der Waals surface area contributed by atoms with E-state index in [1.54, 1.807) is 11.0 Å². The van der Waals surface area contributed by atoms with Gasteiger partial charge in [-0.3, -0.25) is 9.59 Å². The maximum absolute atomic E-state index is 12.4. The minimum Gasteiger partial charge on any atom is -0.472 e. The van der Waals surface area contributed by atoms with Crippen LogP contribution in [0.3, 0.4) is 0 Å². The van der Waals surface area contributed by atoms with Gasteiger partial charge >= 0.3 is 0 Å². The highest BCUT2D eigenvalue weighted by Crippen LogP contribution is 2.20. The summed E-state index contributed by atoms with van der Waals surface area (Å²) in [5.74, 6) is -0.285. The number of hydrogen-bond donors (Lipinski definition) is 1. The summed E-state index contributed by atoms with van der Waals surface area (Å²) in [5.41, 5.74) is 1.31. The molecule has 114 valence electrons. The minimum absolute atomic E-state index is 0.0316. The van der Waals surface area contributed by atoms with Gasteiger partial charge in [0.1, 0.15) is 6.26 Å². The number of likely N-dealkylation sites (tertiary alicyclic amines) is 1. The Morgan fingerprint density at radius 3 is 2.73 bits per heavy atom. The number of piperidine rings is 1. The van der Waals surface area contributed by atoms with Crippen LogP contribution in [0.1, 0.15) is 23.2 Å². The topological polar surface area (TPSA) is 62.6 Å². The summed E-state index contributed by atoms with van der Waals surface area (Å²) in [6.07, 6.45) is 4.55. The van der Waals surface area contributed by atoms with E-state index in [-0.39, 0.29) is 17.7 Å². The van der Waals surface area contributed by atoms with Gasteiger partial charge in [0.05, 0.1) is 17.7 Å². The lowest BCUT2D eigenvalue weighted by Gasteiger charge is -2.31. The number of amides is 2. The molecule has 1 atom stereocenters. The lowest BCUT2D eigenvalue weighted by atomic mass is 9.96. The first-order valence-electron chi connectivity index (χ1n) is 7.41. The number of para-hydroxylation sites is 1. The Bertz CT molecular complexity index is 637. The highest BCUT2D eigenvalue weighted by molar-refractivity contribution is 5.96. The lowest BCUT2D eigenvalue weighted by Crippen LogP contribution is -2.43. The van der Waals surface area contributed by atoms with Gasteiger partial charge in [-0.1, -0.05) is 18.2 Å². The van der Waals surface area contributed by atoms with E-state index in [2.05, 4.69) is 5.32 Å². The maximum atomic E-state index is 12.4. The summed E-state index contributed by atoms with van der Waals surface area (Å²) in [7, 11) is 0. The van der Waals surface area contributed by atoms with E-state index in [0.717, 1.165) is 18.5 Å². The second-order valence-electron chi connectivity index (χ2n) is 5.46. The zero-order valence-corrected chi connectivity index (χ0v) is 12.2. The standard InChI is InChI=1S/C17H18N2O3/c20-16(18-15-6-2-1-3-7-15)13-5-4-9-19(11-13)17(21)14-8-10-22-12-14/h1-3,6-8,10,12-13H,4-5,9,11H2,(H,18,20)/t13-/m0/s1. The second kappa shape index (κ2) is 6.47. The van der Waals surface area contributed by atoms with E-state index >= 15 is 0 Å². The van der Waals surface area contributed by atoms with Crippen molar-refractivity contribution < 1.29 is 14.0 Å². The highest BCUT2D eigenvalue weighted by atomic mass is 16.3. The number of nitrogens with zero attached hydrogens (tertiary/aromatic N) is 1. The Kier molecular flexibility index (Phi) is 4.23. The Morgan fingerprint density at radius 1 is 1.18 bits per heavy atom. The van der Waals surface area contributed by atoms with Crippen LogP contribution >= 0.6 is 0 Å². The summed E-state index contributed by atoms with van der Waals surface area (Å²) in [5, 5.41) is 2.91. The van der Waals surface area contributed by atoms with E-state index in [1.807, 2.05) is 30.3 Å². The SMILES string of the molecule is O=C(Nc1ccccc1)[C@H]1CCCN(C(=O)c2ccoc2)C1. The molecule has 3 rings (SSSR count). The van der Waals surface area contributed by atoms with Gasteiger partial charge in [-0.25, -0.2) is 0 Å². The molecule has 1 fully saturated rings. The van der Waals surface area contributed by atoms with Crippen LogP contribution in [0, 0.1) is 5.92 Å². The molecular weight excluding hydrogens is 280 g/mol. The molecule has 0 radical (unpaired) electrons. The molecule has 1 aromatic heterocycles. The Morgan fingerprint density at radius 2 is 2.00 bits per heavy atom. The zero-order valence-electron chi connectivity index (χ0n) is 12.2. The van der Waals surface area contributed by atoms with Crippen molar-refractivity contribution in [3.05, 3.63) is 54.5 Å². The van der Waals surface area contributed by atoms with E-state index in [0.29, 0.717) is 18.7 Å². The molecule has 1 aromatic carbocycles. The van der Waals surface area contributed by atoms with Gasteiger partial charge in [0, 0.05) is 18.8 Å². The van der Waals surface area contributed by atoms with Crippen LogP contribution in [0.5, 0.6) is 0 Å². The number of furan rings is 1. The number of hydrogen-bond acceptors (Lipinski definition) is 3. The van der Waals surface area contributed by atoms with Crippen molar-refractivity contribution in [2.45, 2.75) is 12.8 Å². The van der Waals surface area contributed by atoms with Crippen molar-refractivity contribution in [3.8, 4) is 0 Å². The zero-order chi connectivity index (χ0) is 15.4. The fourth-order valence-corrected chi connectivity index (χ4v) is 2.71. The summed E-state index contributed by atoms with van der Waals surface area (Å²) in [6, 6.07) is 11.0. The first-order valence-corrected chi connectivity index (χ1v) is 7.41. The van der Waals surface area contributed by atoms with Crippen molar-refractivity contribution in [1.82, 2.24) is 4.90 Å². The monoisotopic (exact) mass is 298 g/mol. The summed E-state index contributed by atoms with van der Waals surface area (Å²) < 4.78 is 4.95. The Hall–Kier alpha value is -2.56. The third-order valence-corrected chi connectivity index (χ3v) is 3.89. The van der Waals surface area contributed by atoms with E-state index < -0.39 is 0 Å². The summed E-state index contributed by atoms with van der Waals surface area (Å²) in [4.78, 5) is 26.4.